The standard InChI is InChI=1S/C59H93N13O20/c1-30(2)19-14-12-10-8-9-11-13-15-22-40(73)64-37(27-45(80)81)52(84)70-49-34(7)63-53(85)39-21-18-24-72(39)57(89)46(31(3)4)68-56(88)48(33(6)60)67-42(75)29-62-50(82)35(25-43(76)77)65-41(74)28-61-51(83)36(26-44(78)79)66-55(87)47(32(5)59(91)92)69-54(86)38-20-16-17-23-71(38)58(49)90/h13,15,30-39,46-49H,8-12,14,16-29,60H2,1-7H3,(H,61,83)(H,62,82)(H,63,85)(H,64,73)(H,65,74)(H,66,87)(H,67,75)(H,68,88)(H,69,86)(H,70,84)(H,76,77)(H,78,79)(H,80,81)(H,91,92)/b15-13-/t32-,33+,34+,35-,36-,37-,38+,39-,46+,47-,48+,49-/m0/s1. The second-order valence-electron chi connectivity index (χ2n) is 24.2. The van der Waals surface area contributed by atoms with Gasteiger partial charge < -0.3 is 89.1 Å². The third-order valence-electron chi connectivity index (χ3n) is 15.7. The van der Waals surface area contributed by atoms with Gasteiger partial charge in [0.25, 0.3) is 0 Å². The monoisotopic (exact) mass is 1300 g/mol. The average Bonchev–Trinajstić information content (AvgIpc) is 1.26. The summed E-state index contributed by atoms with van der Waals surface area (Å²) in [5, 5.41) is 62.3. The van der Waals surface area contributed by atoms with Gasteiger partial charge >= 0.3 is 23.9 Å². The molecule has 3 saturated heterocycles. The molecule has 33 nitrogen and oxygen atoms in total. The number of carbonyl (C=O) groups excluding carboxylic acids is 12. The summed E-state index contributed by atoms with van der Waals surface area (Å²) in [6.07, 6.45) is 7.21. The Morgan fingerprint density at radius 2 is 1.10 bits per heavy atom. The quantitative estimate of drug-likeness (QED) is 0.0358. The van der Waals surface area contributed by atoms with E-state index in [1.165, 1.54) is 13.8 Å². The van der Waals surface area contributed by atoms with Gasteiger partial charge in [-0.05, 0) is 77.6 Å². The van der Waals surface area contributed by atoms with Gasteiger partial charge in [0.05, 0.1) is 44.3 Å². The molecule has 0 radical (unpaired) electrons. The zero-order valence-electron chi connectivity index (χ0n) is 53.2. The molecule has 514 valence electrons. The number of fused-ring (bicyclic) bond motifs is 2. The van der Waals surface area contributed by atoms with Gasteiger partial charge in [-0.25, -0.2) is 0 Å². The Bertz CT molecular complexity index is 2720. The highest BCUT2D eigenvalue weighted by molar-refractivity contribution is 6.01. The lowest BCUT2D eigenvalue weighted by molar-refractivity contribution is -0.150. The van der Waals surface area contributed by atoms with Gasteiger partial charge in [0.1, 0.15) is 54.4 Å². The first-order chi connectivity index (χ1) is 43.2. The molecule has 33 heteroatoms. The molecule has 3 aliphatic heterocycles. The van der Waals surface area contributed by atoms with Crippen LogP contribution >= 0.6 is 0 Å². The number of aliphatic carboxylic acids is 4. The van der Waals surface area contributed by atoms with Crippen LogP contribution in [0.15, 0.2) is 12.2 Å². The van der Waals surface area contributed by atoms with Gasteiger partial charge in [-0.15, -0.1) is 0 Å². The molecular formula is C59H93N13O20. The number of unbranched alkanes of at least 4 members (excludes halogenated alkanes) is 5. The highest BCUT2D eigenvalue weighted by Gasteiger charge is 2.45. The van der Waals surface area contributed by atoms with Crippen molar-refractivity contribution in [3.05, 3.63) is 12.2 Å². The topological polar surface area (TPSA) is 507 Å². The maximum Gasteiger partial charge on any atom is 0.308 e. The van der Waals surface area contributed by atoms with Crippen LogP contribution in [0.4, 0.5) is 0 Å². The van der Waals surface area contributed by atoms with E-state index < -0.39 is 205 Å². The maximum atomic E-state index is 15.2. The second kappa shape index (κ2) is 38.2. The van der Waals surface area contributed by atoms with E-state index in [4.69, 9.17) is 5.73 Å². The van der Waals surface area contributed by atoms with Crippen molar-refractivity contribution >= 4 is 94.8 Å². The van der Waals surface area contributed by atoms with Gasteiger partial charge in [-0.2, -0.15) is 0 Å². The summed E-state index contributed by atoms with van der Waals surface area (Å²) >= 11 is 0. The van der Waals surface area contributed by atoms with Gasteiger partial charge in [-0.1, -0.05) is 72.0 Å². The fourth-order valence-electron chi connectivity index (χ4n) is 10.6. The van der Waals surface area contributed by atoms with E-state index in [1.807, 2.05) is 10.6 Å². The highest BCUT2D eigenvalue weighted by atomic mass is 16.4. The van der Waals surface area contributed by atoms with Crippen LogP contribution in [-0.4, -0.2) is 218 Å². The Labute approximate surface area is 532 Å². The zero-order chi connectivity index (χ0) is 69.1. The summed E-state index contributed by atoms with van der Waals surface area (Å²) in [7, 11) is 0. The molecule has 3 rings (SSSR count). The number of nitrogens with one attached hydrogen (secondary N) is 10. The van der Waals surface area contributed by atoms with Crippen molar-refractivity contribution in [3.63, 3.8) is 0 Å². The fraction of sp³-hybridized carbons (Fsp3) is 0.695. The lowest BCUT2D eigenvalue weighted by Crippen LogP contribution is -2.66. The third-order valence-corrected chi connectivity index (χ3v) is 15.7. The molecule has 3 heterocycles. The Morgan fingerprint density at radius 1 is 0.576 bits per heavy atom. The van der Waals surface area contributed by atoms with Crippen LogP contribution in [0.1, 0.15) is 151 Å². The summed E-state index contributed by atoms with van der Waals surface area (Å²) < 4.78 is 0. The number of piperidine rings is 1. The average molecular weight is 1300 g/mol. The van der Waals surface area contributed by atoms with Crippen LogP contribution in [0.2, 0.25) is 0 Å². The number of carboxylic acids is 4. The Morgan fingerprint density at radius 3 is 1.66 bits per heavy atom. The number of hydrogen-bond acceptors (Lipinski definition) is 17. The maximum absolute atomic E-state index is 15.2. The van der Waals surface area contributed by atoms with E-state index in [0.29, 0.717) is 12.3 Å². The smallest absolute Gasteiger partial charge is 0.308 e. The van der Waals surface area contributed by atoms with Crippen molar-refractivity contribution in [2.75, 3.05) is 26.2 Å². The largest absolute Gasteiger partial charge is 0.481 e. The molecule has 0 aromatic heterocycles. The van der Waals surface area contributed by atoms with E-state index in [2.05, 4.69) is 56.4 Å². The molecule has 0 aromatic carbocycles. The molecule has 16 N–H and O–H groups in total. The zero-order valence-corrected chi connectivity index (χ0v) is 53.2. The summed E-state index contributed by atoms with van der Waals surface area (Å²) in [6.45, 7) is 8.70. The fourth-order valence-corrected chi connectivity index (χ4v) is 10.6. The summed E-state index contributed by atoms with van der Waals surface area (Å²) in [6, 6.07) is -18.5. The van der Waals surface area contributed by atoms with Crippen molar-refractivity contribution in [1.82, 2.24) is 63.0 Å². The summed E-state index contributed by atoms with van der Waals surface area (Å²) in [4.78, 5) is 218. The predicted molar refractivity (Wildman–Crippen MR) is 324 cm³/mol. The predicted octanol–water partition coefficient (Wildman–Crippen LogP) is -3.02. The summed E-state index contributed by atoms with van der Waals surface area (Å²) in [5.74, 6) is -21.9. The first-order valence-corrected chi connectivity index (χ1v) is 31.1. The van der Waals surface area contributed by atoms with E-state index in [0.717, 1.165) is 55.2 Å². The first-order valence-electron chi connectivity index (χ1n) is 31.1. The van der Waals surface area contributed by atoms with Crippen molar-refractivity contribution in [3.8, 4) is 0 Å². The van der Waals surface area contributed by atoms with Crippen molar-refractivity contribution in [2.24, 2.45) is 23.5 Å². The van der Waals surface area contributed by atoms with Crippen LogP contribution in [-0.2, 0) is 76.7 Å². The van der Waals surface area contributed by atoms with Crippen molar-refractivity contribution in [1.29, 1.82) is 0 Å². The molecule has 12 amide bonds. The SMILES string of the molecule is CC(C)CCCCCCC/C=C\CC(=O)N[C@@H](CC(=O)O)C(=O)N[C@@H]1C(=O)N2CCCC[C@@H]2C(=O)N[C@@H]([C@H](C)C(=O)O)C(=O)N[C@@H](CC(=O)O)C(=O)NCC(=O)N[C@@H](CC(=O)O)C(=O)NCC(=O)N[C@H]([C@@H](C)N)C(=O)N[C@H](C(C)C)C(=O)N2CCC[C@H]2C(=O)N[C@@H]1C. The molecule has 3 aliphatic rings. The molecule has 0 saturated carbocycles. The molecule has 0 aliphatic carbocycles. The highest BCUT2D eigenvalue weighted by Crippen LogP contribution is 2.24. The van der Waals surface area contributed by atoms with Crippen LogP contribution in [0.5, 0.6) is 0 Å². The second-order valence-corrected chi connectivity index (χ2v) is 24.2. The minimum Gasteiger partial charge on any atom is -0.481 e. The lowest BCUT2D eigenvalue weighted by atomic mass is 9.96. The summed E-state index contributed by atoms with van der Waals surface area (Å²) in [5.41, 5.74) is 6.11. The number of nitrogens with two attached hydrogens (primary N) is 1. The lowest BCUT2D eigenvalue weighted by Gasteiger charge is -2.39. The first kappa shape index (κ1) is 77.5. The third kappa shape index (κ3) is 25.5. The number of carboxylic acid groups (broad SMARTS) is 4. The Kier molecular flexibility index (Phi) is 32.1. The Hall–Kier alpha value is -8.78. The van der Waals surface area contributed by atoms with Crippen molar-refractivity contribution < 1.29 is 97.1 Å². The molecule has 3 fully saturated rings. The number of hydrogen-bond donors (Lipinski definition) is 15. The van der Waals surface area contributed by atoms with Gasteiger partial charge in [0.2, 0.25) is 70.9 Å². The van der Waals surface area contributed by atoms with E-state index in [1.54, 1.807) is 26.0 Å². The Balaban J connectivity index is 2.16. The molecule has 0 aromatic rings. The normalized spacial score (nSPS) is 25.2. The van der Waals surface area contributed by atoms with E-state index in [-0.39, 0.29) is 51.6 Å². The molecule has 92 heavy (non-hydrogen) atoms. The van der Waals surface area contributed by atoms with Crippen LogP contribution in [0.25, 0.3) is 0 Å². The minimum absolute atomic E-state index is 0.0223. The number of rotatable bonds is 23. The minimum atomic E-state index is -2.15. The molecule has 0 spiro atoms. The van der Waals surface area contributed by atoms with Crippen molar-refractivity contribution in [2.45, 2.75) is 218 Å². The number of nitrogens with zero attached hydrogens (tertiary/aromatic N) is 2. The van der Waals surface area contributed by atoms with Gasteiger partial charge in [0.15, 0.2) is 0 Å². The van der Waals surface area contributed by atoms with E-state index in [9.17, 15) is 92.3 Å². The van der Waals surface area contributed by atoms with Gasteiger partial charge in [0, 0.05) is 25.6 Å². The number of allylic oxidation sites excluding steroid dienone is 1. The molecular weight excluding hydrogens is 1210 g/mol. The number of carbonyl (C=O) groups is 16. The van der Waals surface area contributed by atoms with Crippen LogP contribution < -0.4 is 58.9 Å². The number of amides is 12. The van der Waals surface area contributed by atoms with Gasteiger partial charge in [-0.3, -0.25) is 76.7 Å². The molecule has 0 bridgehead atoms. The molecule has 0 unspecified atom stereocenters. The molecule has 12 atom stereocenters. The van der Waals surface area contributed by atoms with Crippen LogP contribution in [0.3, 0.4) is 0 Å². The van der Waals surface area contributed by atoms with E-state index >= 15 is 4.79 Å². The van der Waals surface area contributed by atoms with Crippen LogP contribution in [0, 0.1) is 17.8 Å².